The summed E-state index contributed by atoms with van der Waals surface area (Å²) < 4.78 is 24.4. The lowest BCUT2D eigenvalue weighted by atomic mass is 9.93. The number of carboxylic acid groups (broad SMARTS) is 1. The van der Waals surface area contributed by atoms with Crippen LogP contribution in [-0.4, -0.2) is 47.1 Å². The number of benzene rings is 1. The van der Waals surface area contributed by atoms with E-state index < -0.39 is 18.2 Å². The minimum Gasteiger partial charge on any atom is -0.479 e. The Balaban J connectivity index is 1.72. The Labute approximate surface area is 228 Å². The van der Waals surface area contributed by atoms with Crippen LogP contribution in [0.25, 0.3) is 11.5 Å². The number of hydrogen-bond donors (Lipinski definition) is 1. The SMILES string of the molecule is C=C(C)COC(C(=O)O)C(CC(C)=CBr)OC1CCCCC1OCc1nc(-c2cccc(C)c2)oc1C. The summed E-state index contributed by atoms with van der Waals surface area (Å²) in [5, 5.41) is 9.92. The van der Waals surface area contributed by atoms with Crippen molar-refractivity contribution in [2.24, 2.45) is 0 Å². The van der Waals surface area contributed by atoms with E-state index in [2.05, 4.69) is 27.5 Å². The Hall–Kier alpha value is -2.26. The molecule has 4 unspecified atom stereocenters. The molecule has 1 heterocycles. The lowest BCUT2D eigenvalue weighted by Gasteiger charge is -2.36. The number of ether oxygens (including phenoxy) is 3. The predicted octanol–water partition coefficient (Wildman–Crippen LogP) is 6.91. The molecule has 3 rings (SSSR count). The average Bonchev–Trinajstić information content (AvgIpc) is 3.23. The number of nitrogens with zero attached hydrogens (tertiary/aromatic N) is 1. The molecule has 0 amide bonds. The fourth-order valence-electron chi connectivity index (χ4n) is 4.44. The van der Waals surface area contributed by atoms with Gasteiger partial charge in [-0.1, -0.05) is 64.2 Å². The third-order valence-corrected chi connectivity index (χ3v) is 7.16. The van der Waals surface area contributed by atoms with Gasteiger partial charge in [0, 0.05) is 5.56 Å². The highest BCUT2D eigenvalue weighted by atomic mass is 79.9. The van der Waals surface area contributed by atoms with Crippen LogP contribution in [0.2, 0.25) is 0 Å². The minimum atomic E-state index is -1.11. The quantitative estimate of drug-likeness (QED) is 0.259. The molecule has 1 saturated carbocycles. The molecule has 0 spiro atoms. The molecule has 0 bridgehead atoms. The van der Waals surface area contributed by atoms with E-state index in [1.165, 1.54) is 0 Å². The van der Waals surface area contributed by atoms with Crippen molar-refractivity contribution in [3.8, 4) is 11.5 Å². The number of rotatable bonds is 13. The van der Waals surface area contributed by atoms with Gasteiger partial charge < -0.3 is 23.7 Å². The molecular formula is C29H38BrNO6. The van der Waals surface area contributed by atoms with Crippen molar-refractivity contribution in [1.82, 2.24) is 4.98 Å². The van der Waals surface area contributed by atoms with Crippen molar-refractivity contribution < 1.29 is 28.5 Å². The summed E-state index contributed by atoms with van der Waals surface area (Å²) in [6, 6.07) is 8.04. The number of oxazole rings is 1. The molecule has 1 aromatic heterocycles. The standard InChI is InChI=1S/C29H38BrNO6/c1-18(2)16-35-27(29(32)33)26(14-20(4)15-30)37-25-12-7-6-11-24(25)34-17-23-21(5)36-28(31-23)22-10-8-9-19(3)13-22/h8-10,13,15,24-27H,1,6-7,11-12,14,16-17H2,2-5H3,(H,32,33). The lowest BCUT2D eigenvalue weighted by Crippen LogP contribution is -2.45. The van der Waals surface area contributed by atoms with Gasteiger partial charge in [0.15, 0.2) is 6.10 Å². The molecular weight excluding hydrogens is 538 g/mol. The normalized spacial score (nSPS) is 20.0. The molecule has 37 heavy (non-hydrogen) atoms. The van der Waals surface area contributed by atoms with Gasteiger partial charge in [-0.25, -0.2) is 9.78 Å². The number of aromatic nitrogens is 1. The van der Waals surface area contributed by atoms with Gasteiger partial charge in [-0.15, -0.1) is 0 Å². The maximum absolute atomic E-state index is 12.1. The van der Waals surface area contributed by atoms with Crippen molar-refractivity contribution in [2.75, 3.05) is 6.61 Å². The summed E-state index contributed by atoms with van der Waals surface area (Å²) in [6.07, 6.45) is 1.85. The molecule has 1 aromatic carbocycles. The zero-order valence-corrected chi connectivity index (χ0v) is 23.8. The van der Waals surface area contributed by atoms with Crippen LogP contribution in [0.4, 0.5) is 0 Å². The summed E-state index contributed by atoms with van der Waals surface area (Å²) in [5.41, 5.74) is 4.54. The van der Waals surface area contributed by atoms with Crippen molar-refractivity contribution >= 4 is 21.9 Å². The average molecular weight is 577 g/mol. The van der Waals surface area contributed by atoms with Gasteiger partial charge in [0.05, 0.1) is 31.5 Å². The zero-order valence-electron chi connectivity index (χ0n) is 22.2. The van der Waals surface area contributed by atoms with Crippen LogP contribution in [0.1, 0.15) is 63.0 Å². The first kappa shape index (κ1) is 29.3. The number of aryl methyl sites for hydroxylation is 2. The van der Waals surface area contributed by atoms with Gasteiger partial charge >= 0.3 is 5.97 Å². The van der Waals surface area contributed by atoms with Gasteiger partial charge in [0.1, 0.15) is 11.5 Å². The number of carboxylic acids is 1. The van der Waals surface area contributed by atoms with Gasteiger partial charge in [-0.05, 0) is 64.1 Å². The first-order chi connectivity index (χ1) is 17.7. The second kappa shape index (κ2) is 14.0. The number of halogens is 1. The summed E-state index contributed by atoms with van der Waals surface area (Å²) >= 11 is 3.35. The van der Waals surface area contributed by atoms with Gasteiger partial charge in [0.25, 0.3) is 0 Å². The monoisotopic (exact) mass is 575 g/mol. The molecule has 0 radical (unpaired) electrons. The molecule has 1 fully saturated rings. The Kier molecular flexibility index (Phi) is 11.1. The first-order valence-electron chi connectivity index (χ1n) is 12.7. The van der Waals surface area contributed by atoms with Crippen molar-refractivity contribution in [1.29, 1.82) is 0 Å². The predicted molar refractivity (Wildman–Crippen MR) is 147 cm³/mol. The number of carbonyl (C=O) groups is 1. The maximum atomic E-state index is 12.1. The molecule has 1 N–H and O–H groups in total. The maximum Gasteiger partial charge on any atom is 0.335 e. The molecule has 4 atom stereocenters. The van der Waals surface area contributed by atoms with E-state index in [9.17, 15) is 9.90 Å². The van der Waals surface area contributed by atoms with Crippen LogP contribution < -0.4 is 0 Å². The highest BCUT2D eigenvalue weighted by Gasteiger charge is 2.36. The van der Waals surface area contributed by atoms with E-state index in [0.29, 0.717) is 18.9 Å². The number of hydrogen-bond acceptors (Lipinski definition) is 6. The second-order valence-corrected chi connectivity index (χ2v) is 10.4. The van der Waals surface area contributed by atoms with Crippen LogP contribution in [-0.2, 0) is 25.6 Å². The fourth-order valence-corrected chi connectivity index (χ4v) is 4.63. The smallest absolute Gasteiger partial charge is 0.335 e. The van der Waals surface area contributed by atoms with E-state index >= 15 is 0 Å². The molecule has 7 nitrogen and oxygen atoms in total. The fraction of sp³-hybridized carbons (Fsp3) is 0.517. The van der Waals surface area contributed by atoms with Crippen molar-refractivity contribution in [3.05, 3.63) is 64.0 Å². The van der Waals surface area contributed by atoms with Crippen LogP contribution in [0.5, 0.6) is 0 Å². The summed E-state index contributed by atoms with van der Waals surface area (Å²) in [4.78, 5) is 18.6. The Bertz CT molecular complexity index is 1090. The number of aliphatic carboxylic acids is 1. The molecule has 0 aliphatic heterocycles. The van der Waals surface area contributed by atoms with E-state index in [-0.39, 0.29) is 18.8 Å². The largest absolute Gasteiger partial charge is 0.479 e. The van der Waals surface area contributed by atoms with Gasteiger partial charge in [0.2, 0.25) is 5.89 Å². The summed E-state index contributed by atoms with van der Waals surface area (Å²) in [6.45, 7) is 11.9. The molecule has 8 heteroatoms. The van der Waals surface area contributed by atoms with Gasteiger partial charge in [-0.3, -0.25) is 0 Å². The molecule has 0 saturated heterocycles. The third kappa shape index (κ3) is 8.64. The summed E-state index contributed by atoms with van der Waals surface area (Å²) in [7, 11) is 0. The Morgan fingerprint density at radius 3 is 2.65 bits per heavy atom. The third-order valence-electron chi connectivity index (χ3n) is 6.38. The minimum absolute atomic E-state index is 0.160. The zero-order chi connectivity index (χ0) is 26.9. The Morgan fingerprint density at radius 1 is 1.27 bits per heavy atom. The van der Waals surface area contributed by atoms with E-state index in [0.717, 1.165) is 59.4 Å². The highest BCUT2D eigenvalue weighted by molar-refractivity contribution is 9.11. The molecule has 1 aliphatic rings. The second-order valence-electron chi connectivity index (χ2n) is 9.92. The molecule has 202 valence electrons. The lowest BCUT2D eigenvalue weighted by molar-refractivity contribution is -0.178. The van der Waals surface area contributed by atoms with Gasteiger partial charge in [-0.2, -0.15) is 0 Å². The van der Waals surface area contributed by atoms with Crippen LogP contribution in [0, 0.1) is 13.8 Å². The first-order valence-corrected chi connectivity index (χ1v) is 13.6. The van der Waals surface area contributed by atoms with E-state index in [1.54, 1.807) is 11.9 Å². The summed E-state index contributed by atoms with van der Waals surface area (Å²) in [5.74, 6) is 0.246. The Morgan fingerprint density at radius 2 is 2.00 bits per heavy atom. The van der Waals surface area contributed by atoms with Crippen LogP contribution >= 0.6 is 15.9 Å². The van der Waals surface area contributed by atoms with E-state index in [1.807, 2.05) is 45.0 Å². The van der Waals surface area contributed by atoms with Crippen LogP contribution in [0.3, 0.4) is 0 Å². The topological polar surface area (TPSA) is 91.0 Å². The highest BCUT2D eigenvalue weighted by Crippen LogP contribution is 2.30. The molecule has 1 aliphatic carbocycles. The molecule has 2 aromatic rings. The van der Waals surface area contributed by atoms with Crippen molar-refractivity contribution in [2.45, 2.75) is 90.8 Å². The van der Waals surface area contributed by atoms with E-state index in [4.69, 9.17) is 18.6 Å². The van der Waals surface area contributed by atoms with Crippen LogP contribution in [0.15, 0.2) is 51.4 Å². The van der Waals surface area contributed by atoms with Crippen molar-refractivity contribution in [3.63, 3.8) is 0 Å².